The first-order valence-corrected chi connectivity index (χ1v) is 10.6. The van der Waals surface area contributed by atoms with Crippen molar-refractivity contribution >= 4 is 22.7 Å². The van der Waals surface area contributed by atoms with Crippen molar-refractivity contribution in [2.75, 3.05) is 13.2 Å². The molecule has 1 aliphatic rings. The molecule has 1 aliphatic carbocycles. The number of carbonyl (C=O) groups is 2. The highest BCUT2D eigenvalue weighted by molar-refractivity contribution is 5.99. The average molecular weight is 440 g/mol. The topological polar surface area (TPSA) is 82.8 Å². The summed E-state index contributed by atoms with van der Waals surface area (Å²) in [6.45, 7) is 1.08. The van der Waals surface area contributed by atoms with Gasteiger partial charge >= 0.3 is 11.6 Å². The standard InChI is InChI=1S/C27H20O6/c1-16-10-26(29)33-25-13-20(8-9-21(16)25)31-15-27(30)32-14-24(28)19-7-6-18-11-17-4-2-3-5-22(17)23(18)12-19/h2-10,12-13H,11,14-15H2,1H3. The van der Waals surface area contributed by atoms with E-state index in [9.17, 15) is 14.4 Å². The molecule has 4 aromatic rings. The highest BCUT2D eigenvalue weighted by atomic mass is 16.6. The molecule has 164 valence electrons. The Morgan fingerprint density at radius 2 is 1.73 bits per heavy atom. The molecular weight excluding hydrogens is 420 g/mol. The Balaban J connectivity index is 1.20. The van der Waals surface area contributed by atoms with Crippen LogP contribution in [0.15, 0.2) is 75.9 Å². The van der Waals surface area contributed by atoms with Crippen LogP contribution in [-0.2, 0) is 16.0 Å². The van der Waals surface area contributed by atoms with Crippen LogP contribution in [0.25, 0.3) is 22.1 Å². The minimum atomic E-state index is -0.666. The maximum absolute atomic E-state index is 12.6. The second kappa shape index (κ2) is 8.39. The Morgan fingerprint density at radius 3 is 2.61 bits per heavy atom. The quantitative estimate of drug-likeness (QED) is 0.220. The lowest BCUT2D eigenvalue weighted by molar-refractivity contribution is -0.144. The van der Waals surface area contributed by atoms with Crippen LogP contribution in [0, 0.1) is 6.92 Å². The van der Waals surface area contributed by atoms with Crippen LogP contribution in [0.3, 0.4) is 0 Å². The highest BCUT2D eigenvalue weighted by Crippen LogP contribution is 2.36. The molecule has 1 aromatic heterocycles. The minimum Gasteiger partial charge on any atom is -0.482 e. The molecule has 0 fully saturated rings. The second-order valence-corrected chi connectivity index (χ2v) is 7.98. The molecule has 0 spiro atoms. The number of ketones is 1. The molecule has 1 heterocycles. The number of fused-ring (bicyclic) bond motifs is 4. The molecular formula is C27H20O6. The smallest absolute Gasteiger partial charge is 0.344 e. The van der Waals surface area contributed by atoms with E-state index in [-0.39, 0.29) is 19.0 Å². The number of hydrogen-bond acceptors (Lipinski definition) is 6. The number of aryl methyl sites for hydroxylation is 1. The number of carbonyl (C=O) groups excluding carboxylic acids is 2. The van der Waals surface area contributed by atoms with Crippen LogP contribution < -0.4 is 10.4 Å². The van der Waals surface area contributed by atoms with E-state index in [2.05, 4.69) is 6.07 Å². The summed E-state index contributed by atoms with van der Waals surface area (Å²) in [4.78, 5) is 36.2. The first-order valence-electron chi connectivity index (χ1n) is 10.6. The summed E-state index contributed by atoms with van der Waals surface area (Å²) < 4.78 is 15.7. The van der Waals surface area contributed by atoms with Crippen molar-refractivity contribution in [3.8, 4) is 16.9 Å². The maximum atomic E-state index is 12.6. The van der Waals surface area contributed by atoms with Gasteiger partial charge in [-0.05, 0) is 59.4 Å². The summed E-state index contributed by atoms with van der Waals surface area (Å²) in [5, 5.41) is 0.784. The summed E-state index contributed by atoms with van der Waals surface area (Å²) in [6.07, 6.45) is 0.851. The molecule has 0 unspecified atom stereocenters. The van der Waals surface area contributed by atoms with Gasteiger partial charge in [-0.1, -0.05) is 36.4 Å². The van der Waals surface area contributed by atoms with Crippen LogP contribution in [0.4, 0.5) is 0 Å². The van der Waals surface area contributed by atoms with Crippen molar-refractivity contribution in [2.24, 2.45) is 0 Å². The fourth-order valence-electron chi connectivity index (χ4n) is 4.11. The molecule has 33 heavy (non-hydrogen) atoms. The van der Waals surface area contributed by atoms with Gasteiger partial charge in [-0.15, -0.1) is 0 Å². The van der Waals surface area contributed by atoms with E-state index in [1.54, 1.807) is 24.3 Å². The Kier molecular flexibility index (Phi) is 5.26. The zero-order valence-electron chi connectivity index (χ0n) is 17.9. The second-order valence-electron chi connectivity index (χ2n) is 7.98. The van der Waals surface area contributed by atoms with Crippen molar-refractivity contribution in [1.29, 1.82) is 0 Å². The van der Waals surface area contributed by atoms with E-state index >= 15 is 0 Å². The Bertz CT molecular complexity index is 1460. The van der Waals surface area contributed by atoms with Gasteiger partial charge in [0.1, 0.15) is 11.3 Å². The van der Waals surface area contributed by atoms with Crippen molar-refractivity contribution in [3.05, 3.63) is 99.4 Å². The number of esters is 1. The van der Waals surface area contributed by atoms with Crippen LogP contribution in [0.5, 0.6) is 5.75 Å². The van der Waals surface area contributed by atoms with Gasteiger partial charge in [-0.3, -0.25) is 4.79 Å². The molecule has 0 amide bonds. The van der Waals surface area contributed by atoms with Gasteiger partial charge in [0.2, 0.25) is 0 Å². The Hall–Kier alpha value is -4.19. The lowest BCUT2D eigenvalue weighted by Gasteiger charge is -2.09. The van der Waals surface area contributed by atoms with E-state index < -0.39 is 11.6 Å². The van der Waals surface area contributed by atoms with Gasteiger partial charge < -0.3 is 13.9 Å². The lowest BCUT2D eigenvalue weighted by atomic mass is 10.0. The monoisotopic (exact) mass is 440 g/mol. The van der Waals surface area contributed by atoms with E-state index in [1.807, 2.05) is 37.3 Å². The van der Waals surface area contributed by atoms with Crippen molar-refractivity contribution < 1.29 is 23.5 Å². The van der Waals surface area contributed by atoms with Gasteiger partial charge in [0.15, 0.2) is 19.0 Å². The van der Waals surface area contributed by atoms with E-state index in [4.69, 9.17) is 13.9 Å². The van der Waals surface area contributed by atoms with Crippen molar-refractivity contribution in [3.63, 3.8) is 0 Å². The highest BCUT2D eigenvalue weighted by Gasteiger charge is 2.20. The molecule has 0 aliphatic heterocycles. The van der Waals surface area contributed by atoms with E-state index in [0.29, 0.717) is 16.9 Å². The Labute approximate surface area is 189 Å². The number of benzene rings is 3. The molecule has 6 nitrogen and oxygen atoms in total. The summed E-state index contributed by atoms with van der Waals surface area (Å²) in [7, 11) is 0. The van der Waals surface area contributed by atoms with Gasteiger partial charge in [0, 0.05) is 23.1 Å². The molecule has 5 rings (SSSR count). The molecule has 0 N–H and O–H groups in total. The van der Waals surface area contributed by atoms with Crippen LogP contribution in [0.1, 0.15) is 27.0 Å². The number of hydrogen-bond donors (Lipinski definition) is 0. The minimum absolute atomic E-state index is 0.279. The molecule has 0 atom stereocenters. The number of Topliss-reactive ketones (excluding diaryl/α,β-unsaturated/α-hetero) is 1. The molecule has 0 bridgehead atoms. The van der Waals surface area contributed by atoms with Gasteiger partial charge in [0.05, 0.1) is 0 Å². The van der Waals surface area contributed by atoms with Crippen LogP contribution in [0.2, 0.25) is 0 Å². The summed E-state index contributed by atoms with van der Waals surface area (Å²) >= 11 is 0. The third-order valence-electron chi connectivity index (χ3n) is 5.76. The largest absolute Gasteiger partial charge is 0.482 e. The molecule has 0 saturated carbocycles. The van der Waals surface area contributed by atoms with Gasteiger partial charge in [0.25, 0.3) is 0 Å². The summed E-state index contributed by atoms with van der Waals surface area (Å²) in [6, 6.07) is 20.1. The third-order valence-corrected chi connectivity index (χ3v) is 5.76. The van der Waals surface area contributed by atoms with Crippen molar-refractivity contribution in [2.45, 2.75) is 13.3 Å². The van der Waals surface area contributed by atoms with E-state index in [1.165, 1.54) is 17.2 Å². The summed E-state index contributed by atoms with van der Waals surface area (Å²) in [5.41, 5.74) is 5.81. The van der Waals surface area contributed by atoms with Crippen LogP contribution in [-0.4, -0.2) is 25.0 Å². The zero-order chi connectivity index (χ0) is 22.9. The van der Waals surface area contributed by atoms with E-state index in [0.717, 1.165) is 28.5 Å². The maximum Gasteiger partial charge on any atom is 0.344 e. The Morgan fingerprint density at radius 1 is 0.909 bits per heavy atom. The third kappa shape index (κ3) is 4.15. The first-order chi connectivity index (χ1) is 16.0. The SMILES string of the molecule is Cc1cc(=O)oc2cc(OCC(=O)OCC(=O)c3ccc4c(c3)-c3ccccc3C4)ccc12. The lowest BCUT2D eigenvalue weighted by Crippen LogP contribution is -2.19. The zero-order valence-corrected chi connectivity index (χ0v) is 17.9. The predicted octanol–water partition coefficient (Wildman–Crippen LogP) is 4.48. The predicted molar refractivity (Wildman–Crippen MR) is 123 cm³/mol. The van der Waals surface area contributed by atoms with Gasteiger partial charge in [-0.2, -0.15) is 0 Å². The normalized spacial score (nSPS) is 11.7. The average Bonchev–Trinajstić information content (AvgIpc) is 3.18. The molecule has 0 radical (unpaired) electrons. The van der Waals surface area contributed by atoms with Crippen LogP contribution >= 0.6 is 0 Å². The fraction of sp³-hybridized carbons (Fsp3) is 0.148. The number of rotatable bonds is 6. The summed E-state index contributed by atoms with van der Waals surface area (Å²) in [5.74, 6) is -0.587. The number of ether oxygens (including phenoxy) is 2. The fourth-order valence-corrected chi connectivity index (χ4v) is 4.11. The molecule has 3 aromatic carbocycles. The molecule has 0 saturated heterocycles. The molecule has 6 heteroatoms. The van der Waals surface area contributed by atoms with Crippen molar-refractivity contribution in [1.82, 2.24) is 0 Å². The first kappa shape index (κ1) is 20.7. The van der Waals surface area contributed by atoms with Gasteiger partial charge in [-0.25, -0.2) is 9.59 Å².